The normalized spacial score (nSPS) is 29.4. The van der Waals surface area contributed by atoms with Gasteiger partial charge >= 0.3 is 0 Å². The molecule has 0 heterocycles. The largest absolute Gasteiger partial charge is 0.489 e. The molecule has 4 rings (SSSR count). The van der Waals surface area contributed by atoms with Crippen LogP contribution in [0.5, 0.6) is 5.75 Å². The quantitative estimate of drug-likeness (QED) is 0.508. The smallest absolute Gasteiger partial charge is 0.138 e. The van der Waals surface area contributed by atoms with Crippen LogP contribution in [0.1, 0.15) is 78.3 Å². The molecule has 0 bridgehead atoms. The Hall–Kier alpha value is -1.25. The maximum absolute atomic E-state index is 6.83. The average Bonchev–Trinajstić information content (AvgIpc) is 2.74. The first-order valence-electron chi connectivity index (χ1n) is 11.9. The minimum Gasteiger partial charge on any atom is -0.489 e. The van der Waals surface area contributed by atoms with E-state index in [1.54, 1.807) is 0 Å². The van der Waals surface area contributed by atoms with Crippen molar-refractivity contribution in [2.75, 3.05) is 6.54 Å². The monoisotopic (exact) mass is 427 g/mol. The first-order valence-corrected chi connectivity index (χ1v) is 12.3. The molecule has 1 N–H and O–H groups in total. The number of ether oxygens (including phenoxy) is 1. The van der Waals surface area contributed by atoms with Gasteiger partial charge in [0.05, 0.1) is 11.1 Å². The molecule has 2 nitrogen and oxygen atoms in total. The Kier molecular flexibility index (Phi) is 6.38. The fourth-order valence-corrected chi connectivity index (χ4v) is 5.50. The van der Waals surface area contributed by atoms with Crippen molar-refractivity contribution >= 4 is 22.4 Å². The molecule has 3 heteroatoms. The Morgan fingerprint density at radius 3 is 2.47 bits per heavy atom. The van der Waals surface area contributed by atoms with Crippen molar-refractivity contribution in [3.63, 3.8) is 0 Å². The van der Waals surface area contributed by atoms with Gasteiger partial charge in [-0.2, -0.15) is 0 Å². The van der Waals surface area contributed by atoms with E-state index in [4.69, 9.17) is 16.3 Å². The number of benzene rings is 2. The van der Waals surface area contributed by atoms with Crippen LogP contribution < -0.4 is 10.1 Å². The van der Waals surface area contributed by atoms with E-state index >= 15 is 0 Å². The van der Waals surface area contributed by atoms with E-state index in [-0.39, 0.29) is 0 Å². The van der Waals surface area contributed by atoms with Crippen molar-refractivity contribution in [1.29, 1.82) is 0 Å². The van der Waals surface area contributed by atoms with E-state index in [1.807, 2.05) is 6.07 Å². The van der Waals surface area contributed by atoms with Crippen molar-refractivity contribution in [3.8, 4) is 5.75 Å². The maximum atomic E-state index is 6.83. The highest BCUT2D eigenvalue weighted by Crippen LogP contribution is 2.50. The predicted octanol–water partition coefficient (Wildman–Crippen LogP) is 7.78. The molecule has 0 saturated heterocycles. The van der Waals surface area contributed by atoms with E-state index in [0.29, 0.717) is 17.6 Å². The second kappa shape index (κ2) is 8.71. The van der Waals surface area contributed by atoms with E-state index in [0.717, 1.165) is 53.3 Å². The molecule has 0 spiro atoms. The summed E-state index contributed by atoms with van der Waals surface area (Å²) in [6.45, 7) is 12.9. The fraction of sp³-hybridized carbons (Fsp3) is 0.630. The summed E-state index contributed by atoms with van der Waals surface area (Å²) in [5, 5.41) is 6.80. The number of rotatable bonds is 6. The summed E-state index contributed by atoms with van der Waals surface area (Å²) in [5.74, 6) is 3.25. The third-order valence-corrected chi connectivity index (χ3v) is 8.72. The first kappa shape index (κ1) is 22.0. The lowest BCUT2D eigenvalue weighted by Crippen LogP contribution is -2.48. The van der Waals surface area contributed by atoms with Crippen LogP contribution in [-0.4, -0.2) is 12.6 Å². The molecule has 0 amide bonds. The molecule has 30 heavy (non-hydrogen) atoms. The summed E-state index contributed by atoms with van der Waals surface area (Å²) >= 11 is 6.83. The molecule has 0 aromatic heterocycles. The molecule has 2 aliphatic carbocycles. The van der Waals surface area contributed by atoms with Crippen LogP contribution in [0, 0.1) is 23.2 Å². The van der Waals surface area contributed by atoms with Gasteiger partial charge in [0.15, 0.2) is 0 Å². The molecule has 0 radical (unpaired) electrons. The Morgan fingerprint density at radius 2 is 1.80 bits per heavy atom. The molecule has 1 unspecified atom stereocenters. The maximum Gasteiger partial charge on any atom is 0.138 e. The van der Waals surface area contributed by atoms with Crippen molar-refractivity contribution < 1.29 is 4.74 Å². The van der Waals surface area contributed by atoms with E-state index < -0.39 is 0 Å². The third-order valence-electron chi connectivity index (χ3n) is 8.33. The first-order chi connectivity index (χ1) is 14.3. The lowest BCUT2D eigenvalue weighted by Gasteiger charge is -2.51. The summed E-state index contributed by atoms with van der Waals surface area (Å²) < 4.78 is 6.33. The summed E-state index contributed by atoms with van der Waals surface area (Å²) in [7, 11) is 0. The summed E-state index contributed by atoms with van der Waals surface area (Å²) in [4.78, 5) is 0. The van der Waals surface area contributed by atoms with Crippen LogP contribution in [0.4, 0.5) is 0 Å². The summed E-state index contributed by atoms with van der Waals surface area (Å²) in [5.41, 5.74) is 1.74. The Labute approximate surface area is 187 Å². The van der Waals surface area contributed by atoms with Gasteiger partial charge in [-0.15, -0.1) is 0 Å². The minimum absolute atomic E-state index is 0.299. The number of hydrogen-bond acceptors (Lipinski definition) is 2. The number of nitrogens with one attached hydrogen (secondary N) is 1. The van der Waals surface area contributed by atoms with Crippen molar-refractivity contribution in [2.45, 2.75) is 78.9 Å². The molecule has 2 aliphatic rings. The molecule has 0 aliphatic heterocycles. The number of halogens is 1. The lowest BCUT2D eigenvalue weighted by atomic mass is 9.55. The zero-order valence-corrected chi connectivity index (χ0v) is 20.1. The second-order valence-electron chi connectivity index (χ2n) is 10.6. The van der Waals surface area contributed by atoms with Crippen LogP contribution in [0.15, 0.2) is 30.3 Å². The molecular formula is C27H38ClNO. The highest BCUT2D eigenvalue weighted by atomic mass is 35.5. The van der Waals surface area contributed by atoms with E-state index in [1.165, 1.54) is 30.2 Å². The molecular weight excluding hydrogens is 390 g/mol. The predicted molar refractivity (Wildman–Crippen MR) is 128 cm³/mol. The third kappa shape index (κ3) is 4.36. The zero-order chi connectivity index (χ0) is 21.5. The highest BCUT2D eigenvalue weighted by Gasteiger charge is 2.44. The molecule has 164 valence electrons. The van der Waals surface area contributed by atoms with Crippen molar-refractivity contribution in [1.82, 2.24) is 5.32 Å². The molecule has 2 aromatic carbocycles. The van der Waals surface area contributed by atoms with Crippen LogP contribution in [-0.2, 0) is 0 Å². The van der Waals surface area contributed by atoms with Crippen LogP contribution >= 0.6 is 11.6 Å². The van der Waals surface area contributed by atoms with E-state index in [9.17, 15) is 0 Å². The lowest BCUT2D eigenvalue weighted by molar-refractivity contribution is -0.00790. The SMILES string of the molecule is CC(NC[C@H]1C[C@@H](C)C1(C)C)c1ccc2ccc(O[C@H]3CC[C@@H](C)CC3)c(Cl)c2c1. The van der Waals surface area contributed by atoms with Gasteiger partial charge in [0.1, 0.15) is 5.75 Å². The molecule has 2 fully saturated rings. The van der Waals surface area contributed by atoms with Crippen LogP contribution in [0.3, 0.4) is 0 Å². The van der Waals surface area contributed by atoms with Crippen molar-refractivity contribution in [3.05, 3.63) is 40.9 Å². The van der Waals surface area contributed by atoms with Gasteiger partial charge in [0.25, 0.3) is 0 Å². The van der Waals surface area contributed by atoms with Crippen LogP contribution in [0.2, 0.25) is 5.02 Å². The van der Waals surface area contributed by atoms with Gasteiger partial charge in [-0.3, -0.25) is 0 Å². The van der Waals surface area contributed by atoms with Gasteiger partial charge in [-0.1, -0.05) is 57.5 Å². The number of hydrogen-bond donors (Lipinski definition) is 1. The highest BCUT2D eigenvalue weighted by molar-refractivity contribution is 6.37. The van der Waals surface area contributed by atoms with Gasteiger partial charge in [0, 0.05) is 11.4 Å². The Bertz CT molecular complexity index is 884. The van der Waals surface area contributed by atoms with Crippen molar-refractivity contribution in [2.24, 2.45) is 23.2 Å². The molecule has 2 saturated carbocycles. The Morgan fingerprint density at radius 1 is 1.10 bits per heavy atom. The van der Waals surface area contributed by atoms with Gasteiger partial charge in [-0.05, 0) is 91.8 Å². The standard InChI is InChI=1S/C27H38ClNO/c1-17-6-11-23(12-7-17)30-25-13-10-20-8-9-21(15-24(20)26(25)28)19(3)29-16-22-14-18(2)27(22,4)5/h8-10,13,15,17-19,22-23,29H,6-7,11-12,14,16H2,1-5H3/t17-,18-,19?,22-,23+/m1/s1. The fourth-order valence-electron chi connectivity index (χ4n) is 5.23. The zero-order valence-electron chi connectivity index (χ0n) is 19.3. The average molecular weight is 428 g/mol. The Balaban J connectivity index is 1.46. The second-order valence-corrected chi connectivity index (χ2v) is 11.0. The van der Waals surface area contributed by atoms with Gasteiger partial charge in [-0.25, -0.2) is 0 Å². The van der Waals surface area contributed by atoms with E-state index in [2.05, 4.69) is 64.2 Å². The minimum atomic E-state index is 0.299. The topological polar surface area (TPSA) is 21.3 Å². The summed E-state index contributed by atoms with van der Waals surface area (Å²) in [6, 6.07) is 11.2. The van der Waals surface area contributed by atoms with Gasteiger partial charge < -0.3 is 10.1 Å². The molecule has 3 atom stereocenters. The van der Waals surface area contributed by atoms with Crippen LogP contribution in [0.25, 0.3) is 10.8 Å². The molecule has 2 aromatic rings. The van der Waals surface area contributed by atoms with Gasteiger partial charge in [0.2, 0.25) is 0 Å². The summed E-state index contributed by atoms with van der Waals surface area (Å²) in [6.07, 6.45) is 6.39. The number of fused-ring (bicyclic) bond motifs is 1.